The van der Waals surface area contributed by atoms with E-state index in [4.69, 9.17) is 4.65 Å². The molecule has 0 saturated carbocycles. The van der Waals surface area contributed by atoms with Crippen molar-refractivity contribution in [2.75, 3.05) is 13.6 Å². The Morgan fingerprint density at radius 2 is 2.28 bits per heavy atom. The van der Waals surface area contributed by atoms with Gasteiger partial charge < -0.3 is 9.55 Å². The summed E-state index contributed by atoms with van der Waals surface area (Å²) in [4.78, 5) is 13.7. The summed E-state index contributed by atoms with van der Waals surface area (Å²) in [6, 6.07) is 3.07. The molecular weight excluding hydrogens is 232 g/mol. The smallest absolute Gasteiger partial charge is 0.324 e. The third-order valence-electron chi connectivity index (χ3n) is 3.30. The molecule has 0 aromatic heterocycles. The first-order valence-corrected chi connectivity index (χ1v) is 6.24. The van der Waals surface area contributed by atoms with E-state index in [-0.39, 0.29) is 18.6 Å². The van der Waals surface area contributed by atoms with Gasteiger partial charge in [0.1, 0.15) is 5.82 Å². The van der Waals surface area contributed by atoms with E-state index in [0.29, 0.717) is 24.3 Å². The molecule has 0 saturated heterocycles. The zero-order valence-electron chi connectivity index (χ0n) is 11.0. The van der Waals surface area contributed by atoms with Gasteiger partial charge in [0.25, 0.3) is 5.91 Å². The number of hydrogen-bond acceptors (Lipinski definition) is 2. The highest BCUT2D eigenvalue weighted by molar-refractivity contribution is 6.67. The van der Waals surface area contributed by atoms with Gasteiger partial charge in [-0.25, -0.2) is 4.39 Å². The van der Waals surface area contributed by atoms with Crippen LogP contribution in [0.5, 0.6) is 0 Å². The Morgan fingerprint density at radius 3 is 2.94 bits per heavy atom. The molecule has 0 bridgehead atoms. The number of benzene rings is 1. The first-order valence-electron chi connectivity index (χ1n) is 6.24. The Bertz CT molecular complexity index is 478. The lowest BCUT2D eigenvalue weighted by Gasteiger charge is -2.17. The molecule has 0 spiro atoms. The van der Waals surface area contributed by atoms with Gasteiger partial charge >= 0.3 is 6.92 Å². The second kappa shape index (κ2) is 5.10. The SMILES string of the molecule is CCCN(C)C(=O)c1cc(F)c2c(c1)B(C)OC2. The number of carbonyl (C=O) groups excluding carboxylic acids is 1. The quantitative estimate of drug-likeness (QED) is 0.762. The van der Waals surface area contributed by atoms with Crippen LogP contribution in [0.4, 0.5) is 4.39 Å². The van der Waals surface area contributed by atoms with Crippen molar-refractivity contribution in [2.45, 2.75) is 26.8 Å². The predicted octanol–water partition coefficient (Wildman–Crippen LogP) is 1.67. The van der Waals surface area contributed by atoms with Crippen LogP contribution in [0, 0.1) is 5.82 Å². The molecular formula is C13H17BFNO2. The number of halogens is 1. The van der Waals surface area contributed by atoms with Crippen molar-refractivity contribution < 1.29 is 13.8 Å². The summed E-state index contributed by atoms with van der Waals surface area (Å²) in [6.45, 7) is 4.70. The summed E-state index contributed by atoms with van der Waals surface area (Å²) in [6.07, 6.45) is 0.884. The molecule has 1 heterocycles. The molecule has 0 aliphatic carbocycles. The van der Waals surface area contributed by atoms with Crippen LogP contribution < -0.4 is 5.46 Å². The van der Waals surface area contributed by atoms with Crippen molar-refractivity contribution in [1.82, 2.24) is 4.90 Å². The number of amides is 1. The normalized spacial score (nSPS) is 13.7. The van der Waals surface area contributed by atoms with Crippen molar-refractivity contribution in [2.24, 2.45) is 0 Å². The van der Waals surface area contributed by atoms with E-state index in [1.165, 1.54) is 6.07 Å². The maximum absolute atomic E-state index is 13.9. The van der Waals surface area contributed by atoms with Crippen LogP contribution in [-0.4, -0.2) is 31.3 Å². The third-order valence-corrected chi connectivity index (χ3v) is 3.30. The fourth-order valence-corrected chi connectivity index (χ4v) is 2.25. The number of carbonyl (C=O) groups is 1. The molecule has 0 atom stereocenters. The van der Waals surface area contributed by atoms with Crippen LogP contribution in [0.3, 0.4) is 0 Å². The fraction of sp³-hybridized carbons (Fsp3) is 0.462. The van der Waals surface area contributed by atoms with E-state index in [2.05, 4.69) is 0 Å². The van der Waals surface area contributed by atoms with Gasteiger partial charge in [0.05, 0.1) is 6.61 Å². The standard InChI is InChI=1S/C13H17BFNO2/c1-4-5-16(3)13(17)9-6-11-10(12(15)7-9)8-18-14(11)2/h6-7H,4-5,8H2,1-3H3. The number of fused-ring (bicyclic) bond motifs is 1. The average molecular weight is 249 g/mol. The molecule has 0 unspecified atom stereocenters. The van der Waals surface area contributed by atoms with Gasteiger partial charge in [-0.15, -0.1) is 0 Å². The van der Waals surface area contributed by atoms with E-state index in [1.807, 2.05) is 13.7 Å². The fourth-order valence-electron chi connectivity index (χ4n) is 2.25. The minimum Gasteiger partial charge on any atom is -0.427 e. The molecule has 1 amide bonds. The van der Waals surface area contributed by atoms with Crippen LogP contribution in [0.25, 0.3) is 0 Å². The molecule has 0 N–H and O–H groups in total. The summed E-state index contributed by atoms with van der Waals surface area (Å²) in [5.41, 5.74) is 1.78. The predicted molar refractivity (Wildman–Crippen MR) is 69.7 cm³/mol. The Morgan fingerprint density at radius 1 is 1.56 bits per heavy atom. The maximum atomic E-state index is 13.9. The molecule has 96 valence electrons. The first kappa shape index (κ1) is 13.1. The Kier molecular flexibility index (Phi) is 3.71. The zero-order chi connectivity index (χ0) is 13.3. The Hall–Kier alpha value is -1.36. The lowest BCUT2D eigenvalue weighted by molar-refractivity contribution is 0.0794. The molecule has 0 radical (unpaired) electrons. The summed E-state index contributed by atoms with van der Waals surface area (Å²) in [7, 11) is 1.73. The van der Waals surface area contributed by atoms with Crippen LogP contribution in [0.2, 0.25) is 6.82 Å². The van der Waals surface area contributed by atoms with Crippen molar-refractivity contribution in [3.8, 4) is 0 Å². The van der Waals surface area contributed by atoms with E-state index >= 15 is 0 Å². The van der Waals surface area contributed by atoms with Crippen LogP contribution >= 0.6 is 0 Å². The minimum atomic E-state index is -0.343. The third kappa shape index (κ3) is 2.27. The number of hydrogen-bond donors (Lipinski definition) is 0. The molecule has 1 aliphatic heterocycles. The van der Waals surface area contributed by atoms with Gasteiger partial charge in [0.2, 0.25) is 0 Å². The van der Waals surface area contributed by atoms with Crippen molar-refractivity contribution in [1.29, 1.82) is 0 Å². The summed E-state index contributed by atoms with van der Waals surface area (Å²) in [5.74, 6) is -0.484. The summed E-state index contributed by atoms with van der Waals surface area (Å²) < 4.78 is 19.3. The van der Waals surface area contributed by atoms with Gasteiger partial charge in [-0.1, -0.05) is 19.8 Å². The molecule has 1 aliphatic rings. The van der Waals surface area contributed by atoms with Gasteiger partial charge in [0.15, 0.2) is 0 Å². The van der Waals surface area contributed by atoms with Crippen LogP contribution in [-0.2, 0) is 11.3 Å². The molecule has 1 aromatic carbocycles. The topological polar surface area (TPSA) is 29.5 Å². The Labute approximate surface area is 107 Å². The van der Waals surface area contributed by atoms with Crippen molar-refractivity contribution in [3.63, 3.8) is 0 Å². The zero-order valence-corrected chi connectivity index (χ0v) is 11.0. The average Bonchev–Trinajstić information content (AvgIpc) is 2.71. The molecule has 5 heteroatoms. The summed E-state index contributed by atoms with van der Waals surface area (Å²) in [5, 5.41) is 0. The highest BCUT2D eigenvalue weighted by Crippen LogP contribution is 2.17. The summed E-state index contributed by atoms with van der Waals surface area (Å²) >= 11 is 0. The second-order valence-corrected chi connectivity index (χ2v) is 4.71. The van der Waals surface area contributed by atoms with E-state index < -0.39 is 0 Å². The van der Waals surface area contributed by atoms with Crippen molar-refractivity contribution >= 4 is 18.3 Å². The van der Waals surface area contributed by atoms with Crippen LogP contribution in [0.1, 0.15) is 29.3 Å². The molecule has 2 rings (SSSR count). The lowest BCUT2D eigenvalue weighted by Crippen LogP contribution is -2.31. The van der Waals surface area contributed by atoms with Gasteiger partial charge in [-0.05, 0) is 17.9 Å². The molecule has 0 fully saturated rings. The van der Waals surface area contributed by atoms with E-state index in [1.54, 1.807) is 18.0 Å². The minimum absolute atomic E-state index is 0.140. The lowest BCUT2D eigenvalue weighted by atomic mass is 9.64. The largest absolute Gasteiger partial charge is 0.427 e. The van der Waals surface area contributed by atoms with Gasteiger partial charge in [-0.3, -0.25) is 4.79 Å². The highest BCUT2D eigenvalue weighted by atomic mass is 19.1. The van der Waals surface area contributed by atoms with Crippen molar-refractivity contribution in [3.05, 3.63) is 29.1 Å². The Balaban J connectivity index is 2.33. The monoisotopic (exact) mass is 249 g/mol. The molecule has 3 nitrogen and oxygen atoms in total. The van der Waals surface area contributed by atoms with Crippen LogP contribution in [0.15, 0.2) is 12.1 Å². The second-order valence-electron chi connectivity index (χ2n) is 4.71. The number of rotatable bonds is 3. The molecule has 1 aromatic rings. The van der Waals surface area contributed by atoms with Gasteiger partial charge in [-0.2, -0.15) is 0 Å². The number of nitrogens with zero attached hydrogens (tertiary/aromatic N) is 1. The highest BCUT2D eigenvalue weighted by Gasteiger charge is 2.28. The van der Waals surface area contributed by atoms with E-state index in [9.17, 15) is 9.18 Å². The van der Waals surface area contributed by atoms with Gasteiger partial charge in [0, 0.05) is 24.7 Å². The first-order chi connectivity index (χ1) is 8.54. The molecule has 18 heavy (non-hydrogen) atoms. The maximum Gasteiger partial charge on any atom is 0.324 e. The van der Waals surface area contributed by atoms with E-state index in [0.717, 1.165) is 11.9 Å².